The number of carbonyl (C=O) groups excluding carboxylic acids is 1. The lowest BCUT2D eigenvalue weighted by Crippen LogP contribution is -2.63. The minimum atomic E-state index is -0.0507. The van der Waals surface area contributed by atoms with Crippen LogP contribution in [0.3, 0.4) is 0 Å². The molecule has 0 bridgehead atoms. The monoisotopic (exact) mass is 345 g/mol. The van der Waals surface area contributed by atoms with E-state index < -0.39 is 0 Å². The van der Waals surface area contributed by atoms with E-state index in [1.807, 2.05) is 11.8 Å². The Morgan fingerprint density at radius 3 is 2.84 bits per heavy atom. The van der Waals surface area contributed by atoms with Gasteiger partial charge in [0, 0.05) is 37.9 Å². The summed E-state index contributed by atoms with van der Waals surface area (Å²) in [6, 6.07) is 1.96. The van der Waals surface area contributed by atoms with Crippen LogP contribution in [0.5, 0.6) is 0 Å². The number of rotatable bonds is 6. The summed E-state index contributed by atoms with van der Waals surface area (Å²) in [7, 11) is 1.79. The van der Waals surface area contributed by atoms with Gasteiger partial charge in [0.05, 0.1) is 11.7 Å². The van der Waals surface area contributed by atoms with Crippen LogP contribution in [0.4, 0.5) is 0 Å². The molecule has 2 aromatic heterocycles. The minimum Gasteiger partial charge on any atom is -0.378 e. The molecule has 1 saturated carbocycles. The molecular formula is C18H27N5O2. The number of fused-ring (bicyclic) bond motifs is 1. The number of hydrogen-bond donors (Lipinski definition) is 0. The van der Waals surface area contributed by atoms with Gasteiger partial charge in [-0.25, -0.2) is 9.67 Å². The fourth-order valence-corrected chi connectivity index (χ4v) is 3.73. The molecule has 7 nitrogen and oxygen atoms in total. The molecule has 0 aliphatic heterocycles. The number of ether oxygens (including phenoxy) is 1. The second-order valence-electron chi connectivity index (χ2n) is 7.30. The molecule has 7 heteroatoms. The highest BCUT2D eigenvalue weighted by atomic mass is 16.5. The normalized spacial score (nSPS) is 22.0. The highest BCUT2D eigenvalue weighted by molar-refractivity contribution is 5.96. The van der Waals surface area contributed by atoms with Crippen molar-refractivity contribution < 1.29 is 9.53 Å². The van der Waals surface area contributed by atoms with E-state index in [9.17, 15) is 4.79 Å². The number of aryl methyl sites for hydroxylation is 1. The first-order valence-electron chi connectivity index (χ1n) is 8.98. The molecular weight excluding hydrogens is 318 g/mol. The molecule has 0 saturated heterocycles. The first-order valence-corrected chi connectivity index (χ1v) is 8.98. The van der Waals surface area contributed by atoms with E-state index in [0.717, 1.165) is 19.4 Å². The second-order valence-corrected chi connectivity index (χ2v) is 7.30. The van der Waals surface area contributed by atoms with Crippen molar-refractivity contribution in [2.75, 3.05) is 13.2 Å². The first-order chi connectivity index (χ1) is 11.9. The maximum Gasteiger partial charge on any atom is 0.255 e. The largest absolute Gasteiger partial charge is 0.378 e. The zero-order chi connectivity index (χ0) is 18.2. The number of aromatic nitrogens is 4. The average molecular weight is 345 g/mol. The molecule has 2 atom stereocenters. The molecule has 136 valence electrons. The number of amides is 1. The summed E-state index contributed by atoms with van der Waals surface area (Å²) in [6.07, 6.45) is 3.63. The fraction of sp³-hybridized carbons (Fsp3) is 0.667. The standard InChI is InChI=1S/C18H27N5O2/c1-6-8-23(14-10-15(25-7-2)18(14,3)4)17(24)12-9-13-16(19-11-12)22(5)21-20-13/h9,11,14-15H,6-8,10H2,1-5H3/t14-,15-/m1/s1. The van der Waals surface area contributed by atoms with E-state index in [-0.39, 0.29) is 23.5 Å². The van der Waals surface area contributed by atoms with Gasteiger partial charge < -0.3 is 9.64 Å². The molecule has 0 radical (unpaired) electrons. The molecule has 1 fully saturated rings. The lowest BCUT2D eigenvalue weighted by molar-refractivity contribution is -0.140. The number of carbonyl (C=O) groups is 1. The molecule has 1 amide bonds. The number of nitrogens with zero attached hydrogens (tertiary/aromatic N) is 5. The van der Waals surface area contributed by atoms with Crippen LogP contribution in [0.25, 0.3) is 11.2 Å². The van der Waals surface area contributed by atoms with E-state index in [1.165, 1.54) is 0 Å². The van der Waals surface area contributed by atoms with Gasteiger partial charge in [0.1, 0.15) is 5.52 Å². The Morgan fingerprint density at radius 1 is 1.44 bits per heavy atom. The van der Waals surface area contributed by atoms with Gasteiger partial charge in [0.15, 0.2) is 5.65 Å². The van der Waals surface area contributed by atoms with Crippen LogP contribution >= 0.6 is 0 Å². The summed E-state index contributed by atoms with van der Waals surface area (Å²) in [4.78, 5) is 19.5. The molecule has 0 unspecified atom stereocenters. The van der Waals surface area contributed by atoms with Crippen LogP contribution < -0.4 is 0 Å². The maximum absolute atomic E-state index is 13.2. The number of pyridine rings is 1. The van der Waals surface area contributed by atoms with Crippen LogP contribution in [0.1, 0.15) is 50.9 Å². The van der Waals surface area contributed by atoms with Gasteiger partial charge in [-0.05, 0) is 25.8 Å². The molecule has 1 aliphatic carbocycles. The Labute approximate surface area is 148 Å². The quantitative estimate of drug-likeness (QED) is 0.804. The van der Waals surface area contributed by atoms with Crippen molar-refractivity contribution in [3.8, 4) is 0 Å². The topological polar surface area (TPSA) is 73.1 Å². The van der Waals surface area contributed by atoms with Gasteiger partial charge in [0.25, 0.3) is 5.91 Å². The first kappa shape index (κ1) is 17.8. The van der Waals surface area contributed by atoms with Gasteiger partial charge in [-0.2, -0.15) is 0 Å². The summed E-state index contributed by atoms with van der Waals surface area (Å²) in [5, 5.41) is 8.03. The van der Waals surface area contributed by atoms with Crippen LogP contribution in [-0.2, 0) is 11.8 Å². The molecule has 0 aromatic carbocycles. The predicted molar refractivity (Wildman–Crippen MR) is 95.2 cm³/mol. The van der Waals surface area contributed by atoms with Crippen molar-refractivity contribution in [3.05, 3.63) is 17.8 Å². The van der Waals surface area contributed by atoms with E-state index >= 15 is 0 Å². The van der Waals surface area contributed by atoms with Gasteiger partial charge in [-0.3, -0.25) is 4.79 Å². The van der Waals surface area contributed by atoms with Gasteiger partial charge in [-0.1, -0.05) is 26.0 Å². The summed E-state index contributed by atoms with van der Waals surface area (Å²) in [6.45, 7) is 9.90. The minimum absolute atomic E-state index is 0.00919. The lowest BCUT2D eigenvalue weighted by Gasteiger charge is -2.55. The molecule has 1 aliphatic rings. The number of hydrogen-bond acceptors (Lipinski definition) is 5. The Bertz CT molecular complexity index is 770. The van der Waals surface area contributed by atoms with Crippen molar-refractivity contribution in [2.45, 2.75) is 52.7 Å². The van der Waals surface area contributed by atoms with E-state index in [4.69, 9.17) is 4.74 Å². The van der Waals surface area contributed by atoms with E-state index in [0.29, 0.717) is 23.3 Å². The summed E-state index contributed by atoms with van der Waals surface area (Å²) in [5.74, 6) is 0.00919. The molecule has 3 rings (SSSR count). The van der Waals surface area contributed by atoms with Crippen molar-refractivity contribution in [1.29, 1.82) is 0 Å². The smallest absolute Gasteiger partial charge is 0.255 e. The SMILES string of the molecule is CCCN(C(=O)c1cnc2c(c1)nnn2C)[C@@H]1C[C@@H](OCC)C1(C)C. The van der Waals surface area contributed by atoms with Crippen LogP contribution in [0, 0.1) is 5.41 Å². The van der Waals surface area contributed by atoms with Gasteiger partial charge in [0.2, 0.25) is 0 Å². The summed E-state index contributed by atoms with van der Waals surface area (Å²) >= 11 is 0. The Balaban J connectivity index is 1.85. The van der Waals surface area contributed by atoms with Crippen molar-refractivity contribution in [2.24, 2.45) is 12.5 Å². The average Bonchev–Trinajstić information content (AvgIpc) is 2.97. The van der Waals surface area contributed by atoms with Crippen LogP contribution in [-0.4, -0.2) is 56.1 Å². The van der Waals surface area contributed by atoms with Gasteiger partial charge >= 0.3 is 0 Å². The maximum atomic E-state index is 13.2. The zero-order valence-corrected chi connectivity index (χ0v) is 15.7. The predicted octanol–water partition coefficient (Wildman–Crippen LogP) is 2.42. The Kier molecular flexibility index (Phi) is 4.77. The summed E-state index contributed by atoms with van der Waals surface area (Å²) < 4.78 is 7.43. The molecule has 2 aromatic rings. The van der Waals surface area contributed by atoms with Crippen molar-refractivity contribution >= 4 is 17.1 Å². The third-order valence-electron chi connectivity index (χ3n) is 5.28. The van der Waals surface area contributed by atoms with Crippen molar-refractivity contribution in [3.63, 3.8) is 0 Å². The third kappa shape index (κ3) is 3.01. The fourth-order valence-electron chi connectivity index (χ4n) is 3.73. The van der Waals surface area contributed by atoms with Crippen LogP contribution in [0.2, 0.25) is 0 Å². The van der Waals surface area contributed by atoms with Crippen molar-refractivity contribution in [1.82, 2.24) is 24.9 Å². The molecule has 0 spiro atoms. The zero-order valence-electron chi connectivity index (χ0n) is 15.7. The third-order valence-corrected chi connectivity index (χ3v) is 5.28. The lowest BCUT2D eigenvalue weighted by atomic mass is 9.63. The Morgan fingerprint density at radius 2 is 2.20 bits per heavy atom. The highest BCUT2D eigenvalue weighted by Crippen LogP contribution is 2.46. The Hall–Kier alpha value is -2.02. The van der Waals surface area contributed by atoms with E-state index in [1.54, 1.807) is 24.0 Å². The van der Waals surface area contributed by atoms with E-state index in [2.05, 4.69) is 36.1 Å². The highest BCUT2D eigenvalue weighted by Gasteiger charge is 2.52. The molecule has 0 N–H and O–H groups in total. The summed E-state index contributed by atoms with van der Waals surface area (Å²) in [5.41, 5.74) is 1.84. The van der Waals surface area contributed by atoms with Gasteiger partial charge in [-0.15, -0.1) is 5.10 Å². The molecule has 25 heavy (non-hydrogen) atoms. The second kappa shape index (κ2) is 6.71. The van der Waals surface area contributed by atoms with Crippen LogP contribution in [0.15, 0.2) is 12.3 Å². The molecule has 2 heterocycles.